The van der Waals surface area contributed by atoms with E-state index in [4.69, 9.17) is 21.1 Å². The number of hydrogen-bond donors (Lipinski definition) is 3. The van der Waals surface area contributed by atoms with Gasteiger partial charge in [0.1, 0.15) is 16.7 Å². The molecule has 2 fully saturated rings. The average Bonchev–Trinajstić information content (AvgIpc) is 3.25. The smallest absolute Gasteiger partial charge is 0.263 e. The van der Waals surface area contributed by atoms with Crippen molar-refractivity contribution in [1.29, 1.82) is 0 Å². The number of fused-ring (bicyclic) bond motifs is 1. The van der Waals surface area contributed by atoms with Gasteiger partial charge in [-0.25, -0.2) is 4.21 Å². The van der Waals surface area contributed by atoms with Gasteiger partial charge in [-0.1, -0.05) is 50.1 Å². The molecule has 11 heteroatoms. The van der Waals surface area contributed by atoms with Crippen LogP contribution in [0.5, 0.6) is 5.75 Å². The van der Waals surface area contributed by atoms with Gasteiger partial charge in [0.2, 0.25) is 0 Å². The molecule has 5 unspecified atom stereocenters. The molecule has 49 heavy (non-hydrogen) atoms. The number of aliphatic hydroxyl groups excluding tert-OH is 1. The van der Waals surface area contributed by atoms with Crippen molar-refractivity contribution in [3.63, 3.8) is 0 Å². The first kappa shape index (κ1) is 37.8. The molecule has 0 radical (unpaired) electrons. The topological polar surface area (TPSA) is 112 Å². The number of benzene rings is 2. The minimum atomic E-state index is -1.50. The predicted octanol–water partition coefficient (Wildman–Crippen LogP) is 5.49. The van der Waals surface area contributed by atoms with Crippen molar-refractivity contribution >= 4 is 34.2 Å². The number of β-amino-alcohol motifs (C(OH)–C–C–N with tert-alkyl or cyclic N) is 1. The van der Waals surface area contributed by atoms with Crippen molar-refractivity contribution < 1.29 is 28.7 Å². The van der Waals surface area contributed by atoms with Crippen LogP contribution in [-0.2, 0) is 22.1 Å². The van der Waals surface area contributed by atoms with E-state index in [1.165, 1.54) is 11.1 Å². The summed E-state index contributed by atoms with van der Waals surface area (Å²) in [6.07, 6.45) is 8.62. The molecule has 1 saturated carbocycles. The van der Waals surface area contributed by atoms with Gasteiger partial charge in [0.05, 0.1) is 43.8 Å². The van der Waals surface area contributed by atoms with Gasteiger partial charge in [0.15, 0.2) is 0 Å². The highest BCUT2D eigenvalue weighted by Gasteiger charge is 2.47. The molecule has 0 bridgehead atoms. The number of anilines is 1. The number of hydrogen-bond acceptors (Lipinski definition) is 8. The summed E-state index contributed by atoms with van der Waals surface area (Å²) in [6.45, 7) is 11.8. The Morgan fingerprint density at radius 2 is 2.00 bits per heavy atom. The zero-order valence-electron chi connectivity index (χ0n) is 29.4. The Morgan fingerprint density at radius 1 is 1.18 bits per heavy atom. The molecule has 1 saturated heterocycles. The van der Waals surface area contributed by atoms with Crippen molar-refractivity contribution in [2.75, 3.05) is 57.5 Å². The fraction of sp³-hybridized carbons (Fsp3) is 0.605. The molecule has 6 atom stereocenters. The van der Waals surface area contributed by atoms with Crippen LogP contribution in [0.1, 0.15) is 80.8 Å². The van der Waals surface area contributed by atoms with Crippen LogP contribution in [0.2, 0.25) is 5.02 Å². The first-order valence-electron chi connectivity index (χ1n) is 17.9. The Morgan fingerprint density at radius 3 is 2.69 bits per heavy atom. The summed E-state index contributed by atoms with van der Waals surface area (Å²) >= 11 is 6.45. The lowest BCUT2D eigenvalue weighted by molar-refractivity contribution is -0.0994. The van der Waals surface area contributed by atoms with E-state index in [9.17, 15) is 19.2 Å². The van der Waals surface area contributed by atoms with Gasteiger partial charge >= 0.3 is 0 Å². The summed E-state index contributed by atoms with van der Waals surface area (Å²) in [5.74, 6) is 0.551. The second-order valence-electron chi connectivity index (χ2n) is 14.1. The van der Waals surface area contributed by atoms with Crippen LogP contribution in [0.15, 0.2) is 48.6 Å². The lowest BCUT2D eigenvalue weighted by Gasteiger charge is -2.50. The molecule has 3 N–H and O–H groups in total. The Kier molecular flexibility index (Phi) is 13.2. The number of aryl methyl sites for hydroxylation is 1. The van der Waals surface area contributed by atoms with Crippen molar-refractivity contribution in [3.8, 4) is 5.75 Å². The van der Waals surface area contributed by atoms with E-state index in [0.29, 0.717) is 57.3 Å². The fourth-order valence-corrected chi connectivity index (χ4v) is 8.19. The maximum atomic E-state index is 13.2. The first-order chi connectivity index (χ1) is 23.6. The Bertz CT molecular complexity index is 1490. The van der Waals surface area contributed by atoms with Gasteiger partial charge in [0, 0.05) is 47.9 Å². The number of aliphatic hydroxyl groups is 2. The van der Waals surface area contributed by atoms with E-state index in [2.05, 4.69) is 46.6 Å². The van der Waals surface area contributed by atoms with Gasteiger partial charge in [-0.2, -0.15) is 0 Å². The number of morpholine rings is 1. The van der Waals surface area contributed by atoms with E-state index in [0.717, 1.165) is 42.8 Å². The lowest BCUT2D eigenvalue weighted by atomic mass is 9.64. The molecule has 1 aliphatic carbocycles. The number of carbonyl (C=O) groups excluding carboxylic acids is 1. The van der Waals surface area contributed by atoms with Crippen LogP contribution in [0, 0.1) is 11.8 Å². The highest BCUT2D eigenvalue weighted by atomic mass is 35.5. The quantitative estimate of drug-likeness (QED) is 0.220. The normalized spacial score (nSPS) is 24.9. The third-order valence-corrected chi connectivity index (χ3v) is 11.8. The van der Waals surface area contributed by atoms with E-state index in [1.807, 2.05) is 38.1 Å². The summed E-state index contributed by atoms with van der Waals surface area (Å²) < 4.78 is 27.3. The van der Waals surface area contributed by atoms with Crippen LogP contribution in [0.4, 0.5) is 5.69 Å². The van der Waals surface area contributed by atoms with Crippen molar-refractivity contribution in [3.05, 3.63) is 70.3 Å². The van der Waals surface area contributed by atoms with E-state index in [1.54, 1.807) is 6.07 Å². The second-order valence-corrected chi connectivity index (χ2v) is 16.3. The number of halogens is 1. The van der Waals surface area contributed by atoms with Gasteiger partial charge in [-0.05, 0) is 92.8 Å². The molecule has 1 amide bonds. The zero-order valence-corrected chi connectivity index (χ0v) is 31.0. The highest BCUT2D eigenvalue weighted by molar-refractivity contribution is 7.84. The first-order valence-corrected chi connectivity index (χ1v) is 19.5. The average molecular weight is 716 g/mol. The van der Waals surface area contributed by atoms with Gasteiger partial charge in [-0.3, -0.25) is 14.4 Å². The summed E-state index contributed by atoms with van der Waals surface area (Å²) in [4.78, 5) is 17.7. The van der Waals surface area contributed by atoms with Crippen LogP contribution < -0.4 is 14.4 Å². The zero-order chi connectivity index (χ0) is 35.1. The van der Waals surface area contributed by atoms with Crippen molar-refractivity contribution in [2.45, 2.75) is 82.6 Å². The third kappa shape index (κ3) is 9.07. The number of carbonyl (C=O) groups is 1. The third-order valence-electron chi connectivity index (χ3n) is 10.3. The maximum Gasteiger partial charge on any atom is 0.263 e. The van der Waals surface area contributed by atoms with Crippen LogP contribution in [-0.4, -0.2) is 94.7 Å². The molecule has 2 aliphatic heterocycles. The van der Waals surface area contributed by atoms with E-state index in [-0.39, 0.29) is 41.6 Å². The summed E-state index contributed by atoms with van der Waals surface area (Å²) in [7, 11) is -1.50. The SMILES string of the molecule is CC/C=C/[C@@](O)(CN1CCOCC1CO)C1CCC1CN1CC(c2ccc(Cl)cc2CCC)COc2ccc(C(=O)NS(=O)C(C)C)cc21. The molecule has 2 aromatic rings. The number of nitrogens with one attached hydrogen (secondary N) is 1. The highest BCUT2D eigenvalue weighted by Crippen LogP contribution is 2.46. The summed E-state index contributed by atoms with van der Waals surface area (Å²) in [5.41, 5.74) is 2.61. The van der Waals surface area contributed by atoms with E-state index < -0.39 is 16.6 Å². The predicted molar refractivity (Wildman–Crippen MR) is 197 cm³/mol. The number of allylic oxidation sites excluding steroid dienone is 1. The molecule has 2 heterocycles. The molecule has 9 nitrogen and oxygen atoms in total. The Balaban J connectivity index is 1.47. The molecule has 3 aliphatic rings. The number of rotatable bonds is 14. The maximum absolute atomic E-state index is 13.2. The van der Waals surface area contributed by atoms with Gasteiger partial charge in [0.25, 0.3) is 5.91 Å². The lowest BCUT2D eigenvalue weighted by Crippen LogP contribution is -2.59. The van der Waals surface area contributed by atoms with Crippen LogP contribution in [0.25, 0.3) is 0 Å². The molecular formula is C38H54ClN3O6S. The Labute approximate surface area is 299 Å². The molecular weight excluding hydrogens is 662 g/mol. The second kappa shape index (κ2) is 17.2. The molecule has 0 spiro atoms. The molecule has 2 aromatic carbocycles. The van der Waals surface area contributed by atoms with Gasteiger partial charge < -0.3 is 24.6 Å². The number of ether oxygens (including phenoxy) is 2. The molecule has 0 aromatic heterocycles. The monoisotopic (exact) mass is 715 g/mol. The minimum Gasteiger partial charge on any atom is -0.491 e. The summed E-state index contributed by atoms with van der Waals surface area (Å²) in [6, 6.07) is 11.4. The molecule has 270 valence electrons. The number of amides is 1. The van der Waals surface area contributed by atoms with E-state index >= 15 is 0 Å². The van der Waals surface area contributed by atoms with Crippen molar-refractivity contribution in [2.24, 2.45) is 11.8 Å². The van der Waals surface area contributed by atoms with Crippen LogP contribution >= 0.6 is 11.6 Å². The number of nitrogens with zero attached hydrogens (tertiary/aromatic N) is 2. The fourth-order valence-electron chi connectivity index (χ4n) is 7.46. The summed E-state index contributed by atoms with van der Waals surface area (Å²) in [5, 5.41) is 23.0. The minimum absolute atomic E-state index is 0.00897. The Hall–Kier alpha value is -2.47. The van der Waals surface area contributed by atoms with Gasteiger partial charge in [-0.15, -0.1) is 0 Å². The standard InChI is InChI=1S/C38H54ClN3O6S/c1-5-7-15-38(45,25-41-16-17-47-24-32(41)22-43)34-13-9-29(34)20-42-21-30(33-12-11-31(39)18-27(33)8-6-2)23-48-36-14-10-28(19-35(36)42)37(44)40-49(46)26(3)4/h7,10-12,14-15,18-19,26,29-30,32,34,43,45H,5-6,8-9,13,16-17,20-25H2,1-4H3,(H,40,44)/b15-7+/t29?,30?,32?,34?,38-,49?/m1/s1. The molecule has 5 rings (SSSR count). The van der Waals surface area contributed by atoms with Crippen LogP contribution in [0.3, 0.4) is 0 Å². The largest absolute Gasteiger partial charge is 0.491 e. The van der Waals surface area contributed by atoms with Crippen molar-refractivity contribution in [1.82, 2.24) is 9.62 Å².